The van der Waals surface area contributed by atoms with Crippen molar-refractivity contribution in [3.05, 3.63) is 12.2 Å². The first-order valence-electron chi connectivity index (χ1n) is 31.7. The minimum absolute atomic E-state index is 0.332. The summed E-state index contributed by atoms with van der Waals surface area (Å²) in [4.78, 5) is 10.3. The van der Waals surface area contributed by atoms with Crippen molar-refractivity contribution in [3.63, 3.8) is 0 Å². The molecule has 0 fully saturated rings. The van der Waals surface area contributed by atoms with E-state index in [1.165, 1.54) is 308 Å². The highest BCUT2D eigenvalue weighted by atomic mass is 16.4. The average molecular weight is 982 g/mol. The fourth-order valence-electron chi connectivity index (χ4n) is 8.91. The number of carboxylic acid groups (broad SMARTS) is 1. The number of unbranched alkanes of at least 4 members (excludes halogenated alkanes) is 48. The van der Waals surface area contributed by atoms with Gasteiger partial charge in [0.2, 0.25) is 0 Å². The molecule has 0 atom stereocenters. The third kappa shape index (κ3) is 90.3. The van der Waals surface area contributed by atoms with Gasteiger partial charge in [0.05, 0.1) is 0 Å². The highest BCUT2D eigenvalue weighted by molar-refractivity contribution is 5.66. The van der Waals surface area contributed by atoms with Crippen LogP contribution in [0.25, 0.3) is 0 Å². The molecule has 0 bridgehead atoms. The fraction of sp³-hybridized carbons (Fsp3) is 0.953. The quantitative estimate of drug-likeness (QED) is 0.0360. The number of rotatable bonds is 55. The van der Waals surface area contributed by atoms with Crippen LogP contribution >= 0.6 is 0 Å². The molecule has 0 aromatic rings. The zero-order chi connectivity index (χ0) is 51.3. The van der Waals surface area contributed by atoms with Gasteiger partial charge in [0.1, 0.15) is 0 Å². The third-order valence-corrected chi connectivity index (χ3v) is 13.7. The van der Waals surface area contributed by atoms with Gasteiger partial charge in [-0.3, -0.25) is 4.79 Å². The summed E-state index contributed by atoms with van der Waals surface area (Å²) >= 11 is 0. The molecular formula is C64H132O5. The van der Waals surface area contributed by atoms with Gasteiger partial charge in [-0.2, -0.15) is 0 Å². The van der Waals surface area contributed by atoms with E-state index in [0.717, 1.165) is 32.1 Å². The van der Waals surface area contributed by atoms with Gasteiger partial charge in [-0.05, 0) is 51.4 Å². The maximum Gasteiger partial charge on any atom is 0.303 e. The summed E-state index contributed by atoms with van der Waals surface area (Å²) in [5, 5.41) is 34.4. The van der Waals surface area contributed by atoms with E-state index in [1.54, 1.807) is 0 Å². The molecule has 0 rings (SSSR count). The van der Waals surface area contributed by atoms with Gasteiger partial charge in [0.25, 0.3) is 0 Å². The molecule has 0 aliphatic heterocycles. The lowest BCUT2D eigenvalue weighted by Gasteiger charge is -2.03. The predicted octanol–water partition coefficient (Wildman–Crippen LogP) is 21.7. The van der Waals surface area contributed by atoms with Gasteiger partial charge in [-0.25, -0.2) is 0 Å². The van der Waals surface area contributed by atoms with Crippen molar-refractivity contribution in [3.8, 4) is 0 Å². The van der Waals surface area contributed by atoms with Crippen LogP contribution in [-0.2, 0) is 4.79 Å². The number of carboxylic acids is 1. The van der Waals surface area contributed by atoms with E-state index < -0.39 is 5.97 Å². The van der Waals surface area contributed by atoms with E-state index in [1.807, 2.05) is 0 Å². The molecule has 5 heteroatoms. The van der Waals surface area contributed by atoms with Crippen molar-refractivity contribution in [2.24, 2.45) is 0 Å². The summed E-state index contributed by atoms with van der Waals surface area (Å²) in [6, 6.07) is 0. The second kappa shape index (κ2) is 78.5. The zero-order valence-corrected chi connectivity index (χ0v) is 48.2. The molecule has 69 heavy (non-hydrogen) atoms. The van der Waals surface area contributed by atoms with Crippen molar-refractivity contribution in [2.75, 3.05) is 19.8 Å². The predicted molar refractivity (Wildman–Crippen MR) is 310 cm³/mol. The molecular weight excluding hydrogens is 849 g/mol. The number of allylic oxidation sites excluding steroid dienone is 2. The van der Waals surface area contributed by atoms with Crippen molar-refractivity contribution < 1.29 is 25.2 Å². The lowest BCUT2D eigenvalue weighted by Crippen LogP contribution is -1.93. The molecule has 0 unspecified atom stereocenters. The monoisotopic (exact) mass is 981 g/mol. The van der Waals surface area contributed by atoms with Crippen molar-refractivity contribution in [2.45, 2.75) is 374 Å². The fourth-order valence-corrected chi connectivity index (χ4v) is 8.91. The Morgan fingerprint density at radius 2 is 0.406 bits per heavy atom. The number of aliphatic hydroxyl groups is 3. The van der Waals surface area contributed by atoms with Gasteiger partial charge in [-0.15, -0.1) is 0 Å². The van der Waals surface area contributed by atoms with Crippen molar-refractivity contribution in [1.29, 1.82) is 0 Å². The zero-order valence-electron chi connectivity index (χ0n) is 48.2. The Bertz CT molecular complexity index is 772. The molecule has 0 spiro atoms. The molecule has 0 aromatic heterocycles. The second-order valence-electron chi connectivity index (χ2n) is 21.0. The molecule has 0 aliphatic rings. The Morgan fingerprint density at radius 1 is 0.246 bits per heavy atom. The molecule has 4 N–H and O–H groups in total. The maximum atomic E-state index is 10.3. The van der Waals surface area contributed by atoms with Crippen molar-refractivity contribution >= 4 is 5.97 Å². The van der Waals surface area contributed by atoms with E-state index in [2.05, 4.69) is 39.8 Å². The summed E-state index contributed by atoms with van der Waals surface area (Å²) in [7, 11) is 0. The SMILES string of the molecule is CCCCCCCC/C=C\CCCCCCCC(=O)O.CCCCCCCCCCCCCCCCCCO.CCCCCCCCCCCCCCCCCCO.CCCCCCCCCCO. The van der Waals surface area contributed by atoms with Gasteiger partial charge in [0, 0.05) is 26.2 Å². The highest BCUT2D eigenvalue weighted by Gasteiger charge is 1.98. The standard InChI is InChI=1S/C18H34O2.2C18H38O.C10H22O/c1-2-3-4-5-6-7-8-9-10-11-12-13-14-15-16-17-18(19)20;2*1-2-3-4-5-6-7-8-9-10-11-12-13-14-15-16-17-18-19;1-2-3-4-5-6-7-8-9-10-11/h9-10H,2-8,11-17H2,1H3,(H,19,20);2*19H,2-18H2,1H3;11H,2-10H2,1H3/b10-9-;;;. The van der Waals surface area contributed by atoms with E-state index in [-0.39, 0.29) is 0 Å². The van der Waals surface area contributed by atoms with E-state index in [4.69, 9.17) is 20.4 Å². The minimum atomic E-state index is -0.664. The van der Waals surface area contributed by atoms with E-state index >= 15 is 0 Å². The lowest BCUT2D eigenvalue weighted by atomic mass is 10.0. The Morgan fingerprint density at radius 3 is 0.580 bits per heavy atom. The van der Waals surface area contributed by atoms with Crippen LogP contribution in [0.4, 0.5) is 0 Å². The minimum Gasteiger partial charge on any atom is -0.481 e. The lowest BCUT2D eigenvalue weighted by molar-refractivity contribution is -0.137. The van der Waals surface area contributed by atoms with Crippen molar-refractivity contribution in [1.82, 2.24) is 0 Å². The van der Waals surface area contributed by atoms with E-state index in [9.17, 15) is 4.79 Å². The first-order chi connectivity index (χ1) is 34.0. The van der Waals surface area contributed by atoms with Crippen LogP contribution < -0.4 is 0 Å². The number of aliphatic carboxylic acids is 1. The summed E-state index contributed by atoms with van der Waals surface area (Å²) in [6.45, 7) is 10.2. The largest absolute Gasteiger partial charge is 0.481 e. The van der Waals surface area contributed by atoms with Crippen LogP contribution in [-0.4, -0.2) is 46.2 Å². The van der Waals surface area contributed by atoms with Crippen LogP contribution in [0, 0.1) is 0 Å². The number of carbonyl (C=O) groups is 1. The first kappa shape index (κ1) is 74.6. The average Bonchev–Trinajstić information content (AvgIpc) is 3.35. The molecule has 0 heterocycles. The number of aliphatic hydroxyl groups excluding tert-OH is 3. The Kier molecular flexibility index (Phi) is 84.9. The molecule has 0 amide bonds. The Balaban J connectivity index is -0.000000416. The Hall–Kier alpha value is -0.910. The smallest absolute Gasteiger partial charge is 0.303 e. The van der Waals surface area contributed by atoms with Gasteiger partial charge < -0.3 is 20.4 Å². The number of hydrogen-bond donors (Lipinski definition) is 4. The summed E-state index contributed by atoms with van der Waals surface area (Å²) in [6.07, 6.45) is 76.0. The molecule has 0 aromatic carbocycles. The summed E-state index contributed by atoms with van der Waals surface area (Å²) < 4.78 is 0. The third-order valence-electron chi connectivity index (χ3n) is 13.7. The van der Waals surface area contributed by atoms with Gasteiger partial charge in [-0.1, -0.05) is 329 Å². The van der Waals surface area contributed by atoms with Crippen LogP contribution in [0.2, 0.25) is 0 Å². The Labute approximate surface area is 435 Å². The summed E-state index contributed by atoms with van der Waals surface area (Å²) in [5.41, 5.74) is 0. The first-order valence-corrected chi connectivity index (χ1v) is 31.7. The van der Waals surface area contributed by atoms with Crippen LogP contribution in [0.1, 0.15) is 374 Å². The molecule has 0 saturated carbocycles. The number of hydrogen-bond acceptors (Lipinski definition) is 4. The highest BCUT2D eigenvalue weighted by Crippen LogP contribution is 2.16. The van der Waals surface area contributed by atoms with Crippen LogP contribution in [0.3, 0.4) is 0 Å². The normalized spacial score (nSPS) is 11.0. The molecule has 0 saturated heterocycles. The maximum absolute atomic E-state index is 10.3. The van der Waals surface area contributed by atoms with Gasteiger partial charge >= 0.3 is 5.97 Å². The molecule has 5 nitrogen and oxygen atoms in total. The molecule has 0 aliphatic carbocycles. The van der Waals surface area contributed by atoms with E-state index in [0.29, 0.717) is 26.2 Å². The summed E-state index contributed by atoms with van der Waals surface area (Å²) in [5.74, 6) is -0.664. The van der Waals surface area contributed by atoms with Crippen LogP contribution in [0.15, 0.2) is 12.2 Å². The topological polar surface area (TPSA) is 98.0 Å². The second-order valence-corrected chi connectivity index (χ2v) is 21.0. The molecule has 418 valence electrons. The van der Waals surface area contributed by atoms with Crippen LogP contribution in [0.5, 0.6) is 0 Å². The van der Waals surface area contributed by atoms with Gasteiger partial charge in [0.15, 0.2) is 0 Å². The molecule has 0 radical (unpaired) electrons.